The average Bonchev–Trinajstić information content (AvgIpc) is 2.85. The molecular weight excluding hydrogens is 296 g/mol. The molecule has 0 spiro atoms. The largest absolute Gasteiger partial charge is 0.458 e. The third-order valence-electron chi connectivity index (χ3n) is 4.16. The molecule has 2 amide bonds. The van der Waals surface area contributed by atoms with Crippen LogP contribution >= 0.6 is 0 Å². The quantitative estimate of drug-likeness (QED) is 0.835. The molecule has 1 fully saturated rings. The van der Waals surface area contributed by atoms with Gasteiger partial charge in [0.2, 0.25) is 0 Å². The van der Waals surface area contributed by atoms with Crippen LogP contribution in [0.2, 0.25) is 0 Å². The maximum absolute atomic E-state index is 12.2. The van der Waals surface area contributed by atoms with Crippen molar-refractivity contribution in [2.24, 2.45) is 0 Å². The normalized spacial score (nSPS) is 24.2. The Morgan fingerprint density at radius 2 is 2.13 bits per heavy atom. The summed E-state index contributed by atoms with van der Waals surface area (Å²) in [6.45, 7) is 11.4. The number of ether oxygens (including phenoxy) is 1. The topological polar surface area (TPSA) is 85.2 Å². The summed E-state index contributed by atoms with van der Waals surface area (Å²) in [4.78, 5) is 24.2. The molecule has 2 N–H and O–H groups in total. The molecule has 2 heterocycles. The number of urea groups is 1. The number of esters is 1. The highest BCUT2D eigenvalue weighted by atomic mass is 16.6. The van der Waals surface area contributed by atoms with Gasteiger partial charge in [0.05, 0.1) is 0 Å². The summed E-state index contributed by atoms with van der Waals surface area (Å²) < 4.78 is 7.16. The van der Waals surface area contributed by atoms with Crippen molar-refractivity contribution in [3.63, 3.8) is 0 Å². The van der Waals surface area contributed by atoms with E-state index in [2.05, 4.69) is 29.6 Å². The molecule has 7 nitrogen and oxygen atoms in total. The number of aromatic nitrogens is 2. The Labute approximate surface area is 136 Å². The second-order valence-corrected chi connectivity index (χ2v) is 7.11. The number of nitrogens with zero attached hydrogens (tertiary/aromatic N) is 2. The molecule has 2 unspecified atom stereocenters. The van der Waals surface area contributed by atoms with Gasteiger partial charge in [-0.1, -0.05) is 6.92 Å². The Bertz CT molecular complexity index is 623. The van der Waals surface area contributed by atoms with Crippen LogP contribution in [-0.2, 0) is 9.53 Å². The van der Waals surface area contributed by atoms with Crippen LogP contribution in [0.3, 0.4) is 0 Å². The van der Waals surface area contributed by atoms with Crippen LogP contribution < -0.4 is 10.6 Å². The highest BCUT2D eigenvalue weighted by Crippen LogP contribution is 2.33. The predicted molar refractivity (Wildman–Crippen MR) is 87.3 cm³/mol. The van der Waals surface area contributed by atoms with E-state index in [-0.39, 0.29) is 6.04 Å². The Hall–Kier alpha value is -2.05. The third kappa shape index (κ3) is 3.65. The maximum atomic E-state index is 12.2. The molecule has 1 saturated heterocycles. The van der Waals surface area contributed by atoms with Crippen molar-refractivity contribution in [3.05, 3.63) is 11.8 Å². The van der Waals surface area contributed by atoms with Crippen molar-refractivity contribution in [1.29, 1.82) is 0 Å². The Morgan fingerprint density at radius 1 is 1.48 bits per heavy atom. The van der Waals surface area contributed by atoms with Crippen LogP contribution in [0.5, 0.6) is 0 Å². The van der Waals surface area contributed by atoms with Crippen molar-refractivity contribution < 1.29 is 14.3 Å². The first-order valence-corrected chi connectivity index (χ1v) is 7.95. The van der Waals surface area contributed by atoms with E-state index in [9.17, 15) is 9.59 Å². The second-order valence-electron chi connectivity index (χ2n) is 7.11. The summed E-state index contributed by atoms with van der Waals surface area (Å²) in [5.41, 5.74) is -0.627. The van der Waals surface area contributed by atoms with E-state index in [1.54, 1.807) is 6.92 Å². The lowest BCUT2D eigenvalue weighted by Crippen LogP contribution is -2.51. The number of hydrogen-bond donors (Lipinski definition) is 2. The van der Waals surface area contributed by atoms with Crippen LogP contribution in [0.15, 0.2) is 6.07 Å². The molecule has 2 rings (SSSR count). The minimum Gasteiger partial charge on any atom is -0.458 e. The van der Waals surface area contributed by atoms with Gasteiger partial charge >= 0.3 is 12.0 Å². The molecule has 0 aromatic carbocycles. The number of nitrogens with one attached hydrogen (secondary N) is 2. The summed E-state index contributed by atoms with van der Waals surface area (Å²) in [5, 5.41) is 9.79. The van der Waals surface area contributed by atoms with E-state index < -0.39 is 23.1 Å². The van der Waals surface area contributed by atoms with Gasteiger partial charge in [-0.2, -0.15) is 5.10 Å². The minimum absolute atomic E-state index is 0.261. The molecule has 1 aromatic rings. The number of carbonyl (C=O) groups is 2. The smallest absolute Gasteiger partial charge is 0.332 e. The fourth-order valence-corrected chi connectivity index (χ4v) is 2.98. The number of anilines is 1. The van der Waals surface area contributed by atoms with Crippen molar-refractivity contribution in [1.82, 2.24) is 15.1 Å². The maximum Gasteiger partial charge on any atom is 0.332 e. The fourth-order valence-electron chi connectivity index (χ4n) is 2.98. The second kappa shape index (κ2) is 5.86. The summed E-state index contributed by atoms with van der Waals surface area (Å²) in [6.07, 6.45) is 1.37. The summed E-state index contributed by atoms with van der Waals surface area (Å²) in [5.74, 6) is 0.0495. The molecule has 1 aromatic heterocycles. The van der Waals surface area contributed by atoms with Gasteiger partial charge < -0.3 is 10.1 Å². The molecule has 0 aliphatic carbocycles. The summed E-state index contributed by atoms with van der Waals surface area (Å²) >= 11 is 0. The predicted octanol–water partition coefficient (Wildman–Crippen LogP) is 2.77. The monoisotopic (exact) mass is 322 g/mol. The number of amides is 2. The van der Waals surface area contributed by atoms with Crippen LogP contribution in [0.1, 0.15) is 59.2 Å². The first-order chi connectivity index (χ1) is 10.6. The van der Waals surface area contributed by atoms with E-state index in [4.69, 9.17) is 4.74 Å². The zero-order valence-electron chi connectivity index (χ0n) is 14.7. The Kier molecular flexibility index (Phi) is 4.41. The number of cyclic esters (lactones) is 1. The summed E-state index contributed by atoms with van der Waals surface area (Å²) in [7, 11) is 0. The average molecular weight is 322 g/mol. The SMILES string of the molecule is CCC(C)n1nc(NC(=O)NC2(C)CC(C)(C)OC2=O)cc1C. The van der Waals surface area contributed by atoms with Gasteiger partial charge in [-0.15, -0.1) is 0 Å². The lowest BCUT2D eigenvalue weighted by Gasteiger charge is -2.22. The van der Waals surface area contributed by atoms with Crippen molar-refractivity contribution in [2.75, 3.05) is 5.32 Å². The Morgan fingerprint density at radius 3 is 2.65 bits per heavy atom. The van der Waals surface area contributed by atoms with E-state index >= 15 is 0 Å². The van der Waals surface area contributed by atoms with Gasteiger partial charge in [-0.3, -0.25) is 10.00 Å². The number of hydrogen-bond acceptors (Lipinski definition) is 4. The molecule has 2 atom stereocenters. The van der Waals surface area contributed by atoms with Crippen molar-refractivity contribution >= 4 is 17.8 Å². The highest BCUT2D eigenvalue weighted by Gasteiger charge is 2.50. The van der Waals surface area contributed by atoms with Crippen LogP contribution in [0.25, 0.3) is 0 Å². The van der Waals surface area contributed by atoms with Crippen molar-refractivity contribution in [3.8, 4) is 0 Å². The zero-order chi connectivity index (χ0) is 17.4. The highest BCUT2D eigenvalue weighted by molar-refractivity contribution is 5.94. The van der Waals surface area contributed by atoms with Gasteiger partial charge in [0.1, 0.15) is 11.1 Å². The van der Waals surface area contributed by atoms with Gasteiger partial charge in [-0.25, -0.2) is 9.59 Å². The van der Waals surface area contributed by atoms with E-state index in [0.717, 1.165) is 12.1 Å². The Balaban J connectivity index is 2.04. The van der Waals surface area contributed by atoms with Crippen LogP contribution in [-0.4, -0.2) is 32.9 Å². The number of carbonyl (C=O) groups excluding carboxylic acids is 2. The first-order valence-electron chi connectivity index (χ1n) is 7.95. The molecule has 128 valence electrons. The van der Waals surface area contributed by atoms with Crippen LogP contribution in [0.4, 0.5) is 10.6 Å². The molecule has 0 bridgehead atoms. The van der Waals surface area contributed by atoms with E-state index in [0.29, 0.717) is 12.2 Å². The number of aryl methyl sites for hydroxylation is 1. The molecule has 7 heteroatoms. The van der Waals surface area contributed by atoms with E-state index in [1.807, 2.05) is 31.5 Å². The zero-order valence-corrected chi connectivity index (χ0v) is 14.7. The lowest BCUT2D eigenvalue weighted by atomic mass is 9.92. The minimum atomic E-state index is -1.03. The molecule has 0 radical (unpaired) electrons. The molecule has 0 saturated carbocycles. The fraction of sp³-hybridized carbons (Fsp3) is 0.688. The van der Waals surface area contributed by atoms with Crippen LogP contribution in [0, 0.1) is 6.92 Å². The number of rotatable bonds is 4. The van der Waals surface area contributed by atoms with E-state index in [1.165, 1.54) is 0 Å². The molecule has 1 aliphatic rings. The molecule has 23 heavy (non-hydrogen) atoms. The third-order valence-corrected chi connectivity index (χ3v) is 4.16. The van der Waals surface area contributed by atoms with Crippen molar-refractivity contribution in [2.45, 2.75) is 71.6 Å². The first kappa shape index (κ1) is 17.3. The standard InChI is InChI=1S/C16H26N4O3/c1-7-10(2)20-11(3)8-12(19-20)17-14(22)18-16(6)9-15(4,5)23-13(16)21/h8,10H,7,9H2,1-6H3,(H2,17,18,19,22). The van der Waals surface area contributed by atoms with Gasteiger partial charge in [0.25, 0.3) is 0 Å². The van der Waals surface area contributed by atoms with Gasteiger partial charge in [0, 0.05) is 24.2 Å². The lowest BCUT2D eigenvalue weighted by molar-refractivity contribution is -0.149. The molecular formula is C16H26N4O3. The summed E-state index contributed by atoms with van der Waals surface area (Å²) in [6, 6.07) is 1.61. The van der Waals surface area contributed by atoms with Gasteiger partial charge in [-0.05, 0) is 41.0 Å². The van der Waals surface area contributed by atoms with Gasteiger partial charge in [0.15, 0.2) is 5.82 Å². The molecule has 1 aliphatic heterocycles.